The van der Waals surface area contributed by atoms with Crippen molar-refractivity contribution in [3.63, 3.8) is 0 Å². The predicted molar refractivity (Wildman–Crippen MR) is 147 cm³/mol. The quantitative estimate of drug-likeness (QED) is 0.186. The number of thiazole rings is 1. The van der Waals surface area contributed by atoms with E-state index < -0.39 is 16.6 Å². The molecule has 2 aromatic heterocycles. The van der Waals surface area contributed by atoms with Crippen LogP contribution < -0.4 is 5.56 Å². The third kappa shape index (κ3) is 4.88. The third-order valence-electron chi connectivity index (χ3n) is 6.24. The summed E-state index contributed by atoms with van der Waals surface area (Å²) in [6.07, 6.45) is 0.514. The van der Waals surface area contributed by atoms with Gasteiger partial charge in [-0.15, -0.1) is 0 Å². The van der Waals surface area contributed by atoms with Gasteiger partial charge in [0.05, 0.1) is 29.8 Å². The molecular formula is C26H25FN4O3S3. The molecule has 5 rings (SSSR count). The minimum Gasteiger partial charge on any atom is -0.378 e. The molecule has 1 fully saturated rings. The van der Waals surface area contributed by atoms with Gasteiger partial charge in [0.15, 0.2) is 14.8 Å². The average Bonchev–Trinajstić information content (AvgIpc) is 3.24. The number of morpholine rings is 1. The number of fused-ring (bicyclic) bond motifs is 1. The maximum atomic E-state index is 15.0. The highest BCUT2D eigenvalue weighted by molar-refractivity contribution is 8.00. The molecular weight excluding hydrogens is 532 g/mol. The Morgan fingerprint density at radius 3 is 2.49 bits per heavy atom. The molecule has 2 aromatic carbocycles. The van der Waals surface area contributed by atoms with Crippen LogP contribution in [0.1, 0.15) is 18.9 Å². The van der Waals surface area contributed by atoms with Crippen LogP contribution in [0.3, 0.4) is 0 Å². The first-order valence-electron chi connectivity index (χ1n) is 11.9. The molecule has 7 nitrogen and oxygen atoms in total. The molecule has 0 saturated carbocycles. The number of rotatable bonds is 6. The number of carbonyl (C=O) groups excluding carboxylic acids is 1. The Kier molecular flexibility index (Phi) is 7.57. The highest BCUT2D eigenvalue weighted by Gasteiger charge is 2.29. The molecule has 0 N–H and O–H groups in total. The molecule has 1 unspecified atom stereocenters. The topological polar surface area (TPSA) is 69.4 Å². The van der Waals surface area contributed by atoms with Crippen molar-refractivity contribution >= 4 is 51.6 Å². The number of benzene rings is 2. The first kappa shape index (κ1) is 25.8. The number of aryl methyl sites for hydroxylation is 1. The maximum absolute atomic E-state index is 15.0. The normalized spacial score (nSPS) is 14.7. The number of carbonyl (C=O) groups is 1. The largest absolute Gasteiger partial charge is 0.378 e. The standard InChI is InChI=1S/C26H25FN4O3S3/c1-3-20(23(32)29-12-14-34-15-13-29)36-25-28-22-21(24(33)31(25)19-11-7-5-9-17(19)27)37-26(35)30(22)18-10-6-4-8-16(18)2/h4-11,20H,3,12-15H2,1-2H3. The summed E-state index contributed by atoms with van der Waals surface area (Å²) in [5.41, 5.74) is 1.86. The molecule has 11 heteroatoms. The molecule has 37 heavy (non-hydrogen) atoms. The molecule has 1 aliphatic rings. The highest BCUT2D eigenvalue weighted by Crippen LogP contribution is 2.32. The van der Waals surface area contributed by atoms with E-state index in [1.807, 2.05) is 38.1 Å². The zero-order valence-corrected chi connectivity index (χ0v) is 22.8. The number of hydrogen-bond acceptors (Lipinski definition) is 7. The monoisotopic (exact) mass is 556 g/mol. The van der Waals surface area contributed by atoms with Crippen molar-refractivity contribution in [1.82, 2.24) is 19.0 Å². The number of nitrogens with zero attached hydrogens (tertiary/aromatic N) is 4. The van der Waals surface area contributed by atoms with Gasteiger partial charge in [-0.1, -0.05) is 60.4 Å². The molecule has 0 bridgehead atoms. The Labute approximate surface area is 226 Å². The van der Waals surface area contributed by atoms with Gasteiger partial charge in [-0.05, 0) is 49.3 Å². The lowest BCUT2D eigenvalue weighted by Crippen LogP contribution is -2.44. The van der Waals surface area contributed by atoms with Crippen molar-refractivity contribution in [2.75, 3.05) is 26.3 Å². The predicted octanol–water partition coefficient (Wildman–Crippen LogP) is 5.14. The van der Waals surface area contributed by atoms with Crippen LogP contribution in [-0.2, 0) is 9.53 Å². The Hall–Kier alpha value is -2.86. The van der Waals surface area contributed by atoms with E-state index in [4.69, 9.17) is 21.9 Å². The number of aromatic nitrogens is 3. The van der Waals surface area contributed by atoms with Crippen LogP contribution >= 0.6 is 35.3 Å². The zero-order valence-electron chi connectivity index (χ0n) is 20.3. The summed E-state index contributed by atoms with van der Waals surface area (Å²) in [6, 6.07) is 13.8. The summed E-state index contributed by atoms with van der Waals surface area (Å²) in [5.74, 6) is -0.603. The molecule has 1 amide bonds. The fourth-order valence-electron chi connectivity index (χ4n) is 4.31. The van der Waals surface area contributed by atoms with Gasteiger partial charge in [-0.25, -0.2) is 9.37 Å². The van der Waals surface area contributed by atoms with Crippen molar-refractivity contribution in [1.29, 1.82) is 0 Å². The van der Waals surface area contributed by atoms with Crippen molar-refractivity contribution in [2.45, 2.75) is 30.7 Å². The SMILES string of the molecule is CCC(Sc1nc2c(sc(=S)n2-c2ccccc2C)c(=O)n1-c1ccccc1F)C(=O)N1CCOCC1. The molecule has 0 radical (unpaired) electrons. The number of amides is 1. The summed E-state index contributed by atoms with van der Waals surface area (Å²) in [6.45, 7) is 5.89. The second-order valence-corrected chi connectivity index (χ2v) is 11.4. The summed E-state index contributed by atoms with van der Waals surface area (Å²) >= 11 is 7.99. The second kappa shape index (κ2) is 10.9. The van der Waals surface area contributed by atoms with Crippen molar-refractivity contribution in [2.24, 2.45) is 0 Å². The van der Waals surface area contributed by atoms with E-state index in [0.717, 1.165) is 22.6 Å². The van der Waals surface area contributed by atoms with E-state index in [0.29, 0.717) is 47.0 Å². The molecule has 4 aromatic rings. The lowest BCUT2D eigenvalue weighted by molar-refractivity contribution is -0.134. The van der Waals surface area contributed by atoms with E-state index in [1.165, 1.54) is 28.5 Å². The van der Waals surface area contributed by atoms with Gasteiger partial charge in [0.25, 0.3) is 5.56 Å². The van der Waals surface area contributed by atoms with E-state index in [9.17, 15) is 14.0 Å². The van der Waals surface area contributed by atoms with Crippen LogP contribution in [0.25, 0.3) is 21.7 Å². The van der Waals surface area contributed by atoms with Gasteiger partial charge >= 0.3 is 0 Å². The van der Waals surface area contributed by atoms with Crippen molar-refractivity contribution in [3.8, 4) is 11.4 Å². The molecule has 0 aliphatic carbocycles. The van der Waals surface area contributed by atoms with Gasteiger partial charge in [-0.2, -0.15) is 0 Å². The van der Waals surface area contributed by atoms with Gasteiger partial charge in [0.2, 0.25) is 5.91 Å². The molecule has 1 aliphatic heterocycles. The Bertz CT molecular complexity index is 1590. The summed E-state index contributed by atoms with van der Waals surface area (Å²) in [4.78, 5) is 33.9. The van der Waals surface area contributed by atoms with Gasteiger partial charge in [0.1, 0.15) is 10.5 Å². The fraction of sp³-hybridized carbons (Fsp3) is 0.308. The van der Waals surface area contributed by atoms with Gasteiger partial charge in [0, 0.05) is 13.1 Å². The van der Waals surface area contributed by atoms with Crippen LogP contribution in [-0.4, -0.2) is 56.5 Å². The van der Waals surface area contributed by atoms with E-state index in [2.05, 4.69) is 0 Å². The van der Waals surface area contributed by atoms with Crippen LogP contribution in [0.15, 0.2) is 58.5 Å². The van der Waals surface area contributed by atoms with Crippen LogP contribution in [0, 0.1) is 16.7 Å². The maximum Gasteiger partial charge on any atom is 0.278 e. The molecule has 1 atom stereocenters. The smallest absolute Gasteiger partial charge is 0.278 e. The Balaban J connectivity index is 1.72. The van der Waals surface area contributed by atoms with Gasteiger partial charge in [-0.3, -0.25) is 18.7 Å². The van der Waals surface area contributed by atoms with Crippen molar-refractivity contribution < 1.29 is 13.9 Å². The molecule has 1 saturated heterocycles. The minimum absolute atomic E-state index is 0.0497. The van der Waals surface area contributed by atoms with Crippen LogP contribution in [0.4, 0.5) is 4.39 Å². The number of hydrogen-bond donors (Lipinski definition) is 0. The first-order valence-corrected chi connectivity index (χ1v) is 14.0. The van der Waals surface area contributed by atoms with Crippen LogP contribution in [0.2, 0.25) is 0 Å². The summed E-state index contributed by atoms with van der Waals surface area (Å²) < 4.78 is 24.2. The molecule has 3 heterocycles. The number of halogens is 1. The highest BCUT2D eigenvalue weighted by atomic mass is 32.2. The van der Waals surface area contributed by atoms with E-state index in [-0.39, 0.29) is 16.8 Å². The van der Waals surface area contributed by atoms with Crippen LogP contribution in [0.5, 0.6) is 0 Å². The van der Waals surface area contributed by atoms with Crippen molar-refractivity contribution in [3.05, 3.63) is 74.2 Å². The number of para-hydroxylation sites is 2. The summed E-state index contributed by atoms with van der Waals surface area (Å²) in [5, 5.41) is -0.264. The van der Waals surface area contributed by atoms with E-state index >= 15 is 0 Å². The second-order valence-electron chi connectivity index (χ2n) is 8.58. The zero-order chi connectivity index (χ0) is 26.1. The fourth-order valence-corrected chi connectivity index (χ4v) is 6.70. The lowest BCUT2D eigenvalue weighted by Gasteiger charge is -2.30. The average molecular weight is 557 g/mol. The lowest BCUT2D eigenvalue weighted by atomic mass is 10.2. The van der Waals surface area contributed by atoms with E-state index in [1.54, 1.807) is 21.6 Å². The van der Waals surface area contributed by atoms with Gasteiger partial charge < -0.3 is 9.64 Å². The molecule has 192 valence electrons. The Morgan fingerprint density at radius 1 is 1.14 bits per heavy atom. The molecule has 0 spiro atoms. The number of ether oxygens (including phenoxy) is 1. The first-order chi connectivity index (χ1) is 17.9. The Morgan fingerprint density at radius 2 is 1.81 bits per heavy atom. The number of thioether (sulfide) groups is 1. The minimum atomic E-state index is -0.554. The third-order valence-corrected chi connectivity index (χ3v) is 8.90. The summed E-state index contributed by atoms with van der Waals surface area (Å²) in [7, 11) is 0.